The SMILES string of the molecule is Cc1sc2c(c1C)C(c1ccc(-c3ccccc3CO)cc1)=N[C@@H](C(C)C(=O)O)c1nnc(C)n1-2. The number of nitrogens with zero attached hydrogens (tertiary/aromatic N) is 4. The van der Waals surface area contributed by atoms with Gasteiger partial charge in [-0.25, -0.2) is 0 Å². The monoisotopic (exact) mass is 486 g/mol. The van der Waals surface area contributed by atoms with Gasteiger partial charge in [-0.3, -0.25) is 14.4 Å². The van der Waals surface area contributed by atoms with Gasteiger partial charge in [0.1, 0.15) is 16.9 Å². The van der Waals surface area contributed by atoms with E-state index >= 15 is 0 Å². The number of aliphatic hydroxyl groups is 1. The number of carbonyl (C=O) groups is 1. The lowest BCUT2D eigenvalue weighted by Crippen LogP contribution is -2.21. The first-order valence-corrected chi connectivity index (χ1v) is 12.3. The molecule has 0 saturated carbocycles. The molecule has 0 saturated heterocycles. The van der Waals surface area contributed by atoms with Crippen LogP contribution >= 0.6 is 11.3 Å². The van der Waals surface area contributed by atoms with Gasteiger partial charge in [0, 0.05) is 16.0 Å². The number of carboxylic acid groups (broad SMARTS) is 1. The number of aliphatic carboxylic acids is 1. The van der Waals surface area contributed by atoms with Crippen molar-refractivity contribution < 1.29 is 15.0 Å². The van der Waals surface area contributed by atoms with Gasteiger partial charge in [0.25, 0.3) is 0 Å². The molecular formula is C27H26N4O3S. The Hall–Kier alpha value is -3.62. The van der Waals surface area contributed by atoms with Gasteiger partial charge in [-0.2, -0.15) is 0 Å². The molecule has 5 rings (SSSR count). The summed E-state index contributed by atoms with van der Waals surface area (Å²) in [7, 11) is 0. The molecule has 178 valence electrons. The molecule has 7 nitrogen and oxygen atoms in total. The van der Waals surface area contributed by atoms with Crippen LogP contribution < -0.4 is 0 Å². The number of aryl methyl sites for hydroxylation is 2. The molecule has 4 aromatic rings. The normalized spacial score (nSPS) is 15.7. The van der Waals surface area contributed by atoms with E-state index in [1.807, 2.05) is 60.0 Å². The molecule has 0 spiro atoms. The van der Waals surface area contributed by atoms with Crippen molar-refractivity contribution in [3.05, 3.63) is 87.3 Å². The summed E-state index contributed by atoms with van der Waals surface area (Å²) >= 11 is 1.64. The predicted octanol–water partition coefficient (Wildman–Crippen LogP) is 5.03. The van der Waals surface area contributed by atoms with E-state index in [0.29, 0.717) is 11.6 Å². The first-order valence-electron chi connectivity index (χ1n) is 11.4. The van der Waals surface area contributed by atoms with Gasteiger partial charge in [-0.05, 0) is 49.9 Å². The number of fused-ring (bicyclic) bond motifs is 3. The summed E-state index contributed by atoms with van der Waals surface area (Å²) in [5, 5.41) is 29.2. The smallest absolute Gasteiger partial charge is 0.308 e. The van der Waals surface area contributed by atoms with Gasteiger partial charge < -0.3 is 10.2 Å². The van der Waals surface area contributed by atoms with E-state index in [1.165, 1.54) is 4.88 Å². The summed E-state index contributed by atoms with van der Waals surface area (Å²) < 4.78 is 1.96. The van der Waals surface area contributed by atoms with Gasteiger partial charge in [0.2, 0.25) is 0 Å². The number of rotatable bonds is 5. The largest absolute Gasteiger partial charge is 0.481 e. The third-order valence-corrected chi connectivity index (χ3v) is 7.90. The molecule has 2 N–H and O–H groups in total. The molecule has 1 unspecified atom stereocenters. The molecule has 0 bridgehead atoms. The van der Waals surface area contributed by atoms with Crippen molar-refractivity contribution in [3.63, 3.8) is 0 Å². The van der Waals surface area contributed by atoms with Gasteiger partial charge in [0.05, 0.1) is 18.2 Å². The Labute approximate surface area is 207 Å². The lowest BCUT2D eigenvalue weighted by atomic mass is 9.95. The maximum Gasteiger partial charge on any atom is 0.308 e. The zero-order valence-corrected chi connectivity index (χ0v) is 20.8. The lowest BCUT2D eigenvalue weighted by Gasteiger charge is -2.16. The summed E-state index contributed by atoms with van der Waals surface area (Å²) in [6, 6.07) is 15.2. The van der Waals surface area contributed by atoms with Crippen LogP contribution in [0.5, 0.6) is 0 Å². The first kappa shape index (κ1) is 23.1. The minimum atomic E-state index is -0.931. The van der Waals surface area contributed by atoms with Crippen LogP contribution in [0.1, 0.15) is 51.7 Å². The third kappa shape index (κ3) is 3.79. The van der Waals surface area contributed by atoms with E-state index in [1.54, 1.807) is 18.3 Å². The van der Waals surface area contributed by atoms with Crippen LogP contribution in [0.25, 0.3) is 16.1 Å². The quantitative estimate of drug-likeness (QED) is 0.412. The van der Waals surface area contributed by atoms with Gasteiger partial charge in [-0.15, -0.1) is 21.5 Å². The van der Waals surface area contributed by atoms with Crippen molar-refractivity contribution in [2.24, 2.45) is 10.9 Å². The number of aromatic nitrogens is 3. The third-order valence-electron chi connectivity index (χ3n) is 6.71. The van der Waals surface area contributed by atoms with Crippen molar-refractivity contribution in [3.8, 4) is 16.1 Å². The zero-order valence-electron chi connectivity index (χ0n) is 20.0. The molecule has 1 aliphatic rings. The molecule has 0 amide bonds. The fourth-order valence-electron chi connectivity index (χ4n) is 4.56. The topological polar surface area (TPSA) is 101 Å². The Balaban J connectivity index is 1.71. The van der Waals surface area contributed by atoms with Crippen LogP contribution in [0.2, 0.25) is 0 Å². The van der Waals surface area contributed by atoms with Crippen molar-refractivity contribution in [2.75, 3.05) is 0 Å². The fourth-order valence-corrected chi connectivity index (χ4v) is 5.78. The van der Waals surface area contributed by atoms with Crippen LogP contribution in [0.4, 0.5) is 0 Å². The number of benzene rings is 2. The highest BCUT2D eigenvalue weighted by Crippen LogP contribution is 2.40. The standard InChI is InChI=1S/C27H26N4O3S/c1-14-16(3)35-26-22(14)24(28-23(15(2)27(33)34)25-30-29-17(4)31(25)26)19-11-9-18(10-12-19)21-8-6-5-7-20(21)13-32/h5-12,15,23,32H,13H2,1-4H3,(H,33,34)/t15?,23-/m0/s1. The number of thiophene rings is 1. The van der Waals surface area contributed by atoms with Crippen molar-refractivity contribution >= 4 is 23.0 Å². The van der Waals surface area contributed by atoms with Gasteiger partial charge in [0.15, 0.2) is 5.82 Å². The Bertz CT molecular complexity index is 1470. The average Bonchev–Trinajstić information content (AvgIpc) is 3.33. The van der Waals surface area contributed by atoms with E-state index in [0.717, 1.165) is 44.1 Å². The number of hydrogen-bond donors (Lipinski definition) is 2. The van der Waals surface area contributed by atoms with E-state index < -0.39 is 17.9 Å². The number of hydrogen-bond acceptors (Lipinski definition) is 6. The Morgan fingerprint density at radius 3 is 2.43 bits per heavy atom. The molecule has 3 heterocycles. The van der Waals surface area contributed by atoms with Gasteiger partial charge >= 0.3 is 5.97 Å². The van der Waals surface area contributed by atoms with Crippen LogP contribution in [-0.2, 0) is 11.4 Å². The second kappa shape index (κ2) is 8.87. The summed E-state index contributed by atoms with van der Waals surface area (Å²) in [6.45, 7) is 7.67. The number of aliphatic imine (C=N–C) groups is 1. The summed E-state index contributed by atoms with van der Waals surface area (Å²) in [4.78, 5) is 18.2. The van der Waals surface area contributed by atoms with Crippen LogP contribution in [0.3, 0.4) is 0 Å². The highest BCUT2D eigenvalue weighted by atomic mass is 32.1. The Kier molecular flexibility index (Phi) is 5.86. The molecule has 2 aromatic carbocycles. The minimum Gasteiger partial charge on any atom is -0.481 e. The summed E-state index contributed by atoms with van der Waals surface area (Å²) in [5.74, 6) is -0.459. The van der Waals surface area contributed by atoms with Crippen LogP contribution in [0.15, 0.2) is 53.5 Å². The Morgan fingerprint density at radius 2 is 1.74 bits per heavy atom. The molecule has 0 radical (unpaired) electrons. The average molecular weight is 487 g/mol. The molecule has 8 heteroatoms. The molecule has 2 atom stereocenters. The molecule has 2 aromatic heterocycles. The van der Waals surface area contributed by atoms with Crippen LogP contribution in [0, 0.1) is 26.7 Å². The van der Waals surface area contributed by atoms with Crippen molar-refractivity contribution in [1.29, 1.82) is 0 Å². The molecule has 0 aliphatic carbocycles. The summed E-state index contributed by atoms with van der Waals surface area (Å²) in [5.41, 5.74) is 6.59. The molecule has 1 aliphatic heterocycles. The number of carboxylic acids is 1. The molecular weight excluding hydrogens is 460 g/mol. The van der Waals surface area contributed by atoms with E-state index in [4.69, 9.17) is 4.99 Å². The molecule has 35 heavy (non-hydrogen) atoms. The summed E-state index contributed by atoms with van der Waals surface area (Å²) in [6.07, 6.45) is 0. The maximum atomic E-state index is 12.0. The van der Waals surface area contributed by atoms with Gasteiger partial charge in [-0.1, -0.05) is 48.5 Å². The second-order valence-corrected chi connectivity index (χ2v) is 10.0. The first-order chi connectivity index (χ1) is 16.8. The van der Waals surface area contributed by atoms with E-state index in [9.17, 15) is 15.0 Å². The van der Waals surface area contributed by atoms with Crippen molar-refractivity contribution in [1.82, 2.24) is 14.8 Å². The van der Waals surface area contributed by atoms with Crippen LogP contribution in [-0.4, -0.2) is 36.7 Å². The van der Waals surface area contributed by atoms with E-state index in [-0.39, 0.29) is 6.61 Å². The Morgan fingerprint density at radius 1 is 1.06 bits per heavy atom. The molecule has 0 fully saturated rings. The second-order valence-electron chi connectivity index (χ2n) is 8.85. The maximum absolute atomic E-state index is 12.0. The zero-order chi connectivity index (χ0) is 24.9. The highest BCUT2D eigenvalue weighted by molar-refractivity contribution is 7.15. The fraction of sp³-hybridized carbons (Fsp3) is 0.259. The lowest BCUT2D eigenvalue weighted by molar-refractivity contribution is -0.141. The highest BCUT2D eigenvalue weighted by Gasteiger charge is 2.36. The van der Waals surface area contributed by atoms with E-state index in [2.05, 4.69) is 24.0 Å². The minimum absolute atomic E-state index is 0.0328. The number of aliphatic hydroxyl groups excluding tert-OH is 1. The van der Waals surface area contributed by atoms with Crippen molar-refractivity contribution in [2.45, 2.75) is 40.3 Å². The predicted molar refractivity (Wildman–Crippen MR) is 136 cm³/mol.